The molecule has 0 saturated heterocycles. The number of rotatable bonds is 3. The van der Waals surface area contributed by atoms with Crippen molar-refractivity contribution < 1.29 is 0 Å². The van der Waals surface area contributed by atoms with Crippen molar-refractivity contribution in [2.45, 2.75) is 46.6 Å². The molecule has 0 saturated carbocycles. The molecular weight excluding hydrogens is 160 g/mol. The van der Waals surface area contributed by atoms with Gasteiger partial charge in [-0.1, -0.05) is 20.8 Å². The summed E-state index contributed by atoms with van der Waals surface area (Å²) in [5, 5.41) is 0. The summed E-state index contributed by atoms with van der Waals surface area (Å²) in [6.07, 6.45) is 3.92. The Kier molecular flexibility index (Phi) is 3.12. The Morgan fingerprint density at radius 1 is 1.15 bits per heavy atom. The molecule has 1 rings (SSSR count). The lowest BCUT2D eigenvalue weighted by Gasteiger charge is -2.19. The fourth-order valence-electron chi connectivity index (χ4n) is 1.44. The Balaban J connectivity index is 2.93. The quantitative estimate of drug-likeness (QED) is 0.698. The summed E-state index contributed by atoms with van der Waals surface area (Å²) in [5.41, 5.74) is 1.35. The van der Waals surface area contributed by atoms with Crippen LogP contribution in [0.2, 0.25) is 0 Å². The maximum atomic E-state index is 4.21. The highest BCUT2D eigenvalue weighted by molar-refractivity contribution is 5.06. The lowest BCUT2D eigenvalue weighted by Crippen LogP contribution is -2.10. The van der Waals surface area contributed by atoms with Gasteiger partial charge in [-0.25, -0.2) is 4.98 Å². The van der Waals surface area contributed by atoms with Crippen LogP contribution in [0.4, 0.5) is 0 Å². The first-order chi connectivity index (χ1) is 6.04. The van der Waals surface area contributed by atoms with Crippen LogP contribution in [0, 0.1) is 5.92 Å². The zero-order valence-corrected chi connectivity index (χ0v) is 9.28. The third-order valence-corrected chi connectivity index (χ3v) is 2.72. The second-order valence-corrected chi connectivity index (χ2v) is 4.35. The van der Waals surface area contributed by atoms with Gasteiger partial charge < -0.3 is 4.57 Å². The van der Waals surface area contributed by atoms with Crippen molar-refractivity contribution in [3.8, 4) is 0 Å². The number of hydrogen-bond acceptors (Lipinski definition) is 1. The van der Waals surface area contributed by atoms with E-state index in [0.717, 1.165) is 0 Å². The standard InChI is InChI=1S/C11H20N2/c1-8(2)10(5)11-6-12-7-13(11)9(3)4/h6-10H,1-5H3. The summed E-state index contributed by atoms with van der Waals surface area (Å²) in [6, 6.07) is 0.513. The molecule has 0 spiro atoms. The molecule has 1 aromatic rings. The smallest absolute Gasteiger partial charge is 0.0950 e. The molecule has 2 heteroatoms. The Labute approximate surface area is 81.0 Å². The maximum Gasteiger partial charge on any atom is 0.0950 e. The first kappa shape index (κ1) is 10.3. The zero-order chi connectivity index (χ0) is 10.0. The number of imidazole rings is 1. The molecule has 0 aliphatic rings. The third-order valence-electron chi connectivity index (χ3n) is 2.72. The van der Waals surface area contributed by atoms with Crippen molar-refractivity contribution in [3.63, 3.8) is 0 Å². The van der Waals surface area contributed by atoms with Crippen LogP contribution in [0.15, 0.2) is 12.5 Å². The number of hydrogen-bond donors (Lipinski definition) is 0. The normalized spacial score (nSPS) is 14.1. The molecule has 13 heavy (non-hydrogen) atoms. The fraction of sp³-hybridized carbons (Fsp3) is 0.727. The second-order valence-electron chi connectivity index (χ2n) is 4.35. The molecule has 1 heterocycles. The van der Waals surface area contributed by atoms with Gasteiger partial charge in [-0.15, -0.1) is 0 Å². The van der Waals surface area contributed by atoms with E-state index in [2.05, 4.69) is 44.2 Å². The van der Waals surface area contributed by atoms with Gasteiger partial charge in [0.25, 0.3) is 0 Å². The molecule has 0 bridgehead atoms. The molecule has 0 fully saturated rings. The van der Waals surface area contributed by atoms with Crippen LogP contribution >= 0.6 is 0 Å². The maximum absolute atomic E-state index is 4.21. The largest absolute Gasteiger partial charge is 0.332 e. The fourth-order valence-corrected chi connectivity index (χ4v) is 1.44. The van der Waals surface area contributed by atoms with Gasteiger partial charge in [0, 0.05) is 23.9 Å². The average Bonchev–Trinajstić information content (AvgIpc) is 2.50. The van der Waals surface area contributed by atoms with E-state index in [0.29, 0.717) is 17.9 Å². The Hall–Kier alpha value is -0.790. The molecular formula is C11H20N2. The minimum absolute atomic E-state index is 0.513. The highest BCUT2D eigenvalue weighted by atomic mass is 15.1. The van der Waals surface area contributed by atoms with Crippen molar-refractivity contribution in [3.05, 3.63) is 18.2 Å². The van der Waals surface area contributed by atoms with Crippen LogP contribution in [-0.2, 0) is 0 Å². The highest BCUT2D eigenvalue weighted by Gasteiger charge is 2.15. The predicted molar refractivity (Wildman–Crippen MR) is 55.9 cm³/mol. The number of nitrogens with zero attached hydrogens (tertiary/aromatic N) is 2. The van der Waals surface area contributed by atoms with E-state index in [-0.39, 0.29) is 0 Å². The molecule has 0 N–H and O–H groups in total. The summed E-state index contributed by atoms with van der Waals surface area (Å²) in [4.78, 5) is 4.21. The van der Waals surface area contributed by atoms with Crippen LogP contribution in [0.3, 0.4) is 0 Å². The Morgan fingerprint density at radius 3 is 2.23 bits per heavy atom. The minimum Gasteiger partial charge on any atom is -0.332 e. The van der Waals surface area contributed by atoms with Crippen molar-refractivity contribution >= 4 is 0 Å². The molecule has 1 aromatic heterocycles. The summed E-state index contributed by atoms with van der Waals surface area (Å²) in [6.45, 7) is 11.2. The van der Waals surface area contributed by atoms with E-state index in [1.165, 1.54) is 5.69 Å². The predicted octanol–water partition coefficient (Wildman–Crippen LogP) is 3.22. The zero-order valence-electron chi connectivity index (χ0n) is 9.28. The van der Waals surface area contributed by atoms with E-state index in [9.17, 15) is 0 Å². The van der Waals surface area contributed by atoms with E-state index in [1.807, 2.05) is 12.5 Å². The van der Waals surface area contributed by atoms with Crippen LogP contribution < -0.4 is 0 Å². The second kappa shape index (κ2) is 3.95. The van der Waals surface area contributed by atoms with Gasteiger partial charge in [-0.2, -0.15) is 0 Å². The molecule has 0 aliphatic carbocycles. The molecule has 0 aliphatic heterocycles. The van der Waals surface area contributed by atoms with Crippen molar-refractivity contribution in [2.75, 3.05) is 0 Å². The van der Waals surface area contributed by atoms with Gasteiger partial charge in [0.1, 0.15) is 0 Å². The summed E-state index contributed by atoms with van der Waals surface area (Å²) in [5.74, 6) is 1.26. The Morgan fingerprint density at radius 2 is 1.77 bits per heavy atom. The van der Waals surface area contributed by atoms with E-state index in [1.54, 1.807) is 0 Å². The van der Waals surface area contributed by atoms with E-state index < -0.39 is 0 Å². The van der Waals surface area contributed by atoms with Crippen LogP contribution in [0.5, 0.6) is 0 Å². The molecule has 74 valence electrons. The molecule has 2 nitrogen and oxygen atoms in total. The molecule has 0 amide bonds. The lowest BCUT2D eigenvalue weighted by molar-refractivity contribution is 0.475. The number of aromatic nitrogens is 2. The van der Waals surface area contributed by atoms with Crippen LogP contribution in [0.25, 0.3) is 0 Å². The van der Waals surface area contributed by atoms with Gasteiger partial charge in [0.15, 0.2) is 0 Å². The van der Waals surface area contributed by atoms with Gasteiger partial charge in [0.2, 0.25) is 0 Å². The van der Waals surface area contributed by atoms with Crippen LogP contribution in [-0.4, -0.2) is 9.55 Å². The van der Waals surface area contributed by atoms with Crippen LogP contribution in [0.1, 0.15) is 52.3 Å². The molecule has 1 unspecified atom stereocenters. The van der Waals surface area contributed by atoms with Crippen molar-refractivity contribution in [1.82, 2.24) is 9.55 Å². The lowest BCUT2D eigenvalue weighted by atomic mass is 9.95. The Bertz CT molecular complexity index is 261. The van der Waals surface area contributed by atoms with Gasteiger partial charge in [-0.3, -0.25) is 0 Å². The summed E-state index contributed by atoms with van der Waals surface area (Å²) in [7, 11) is 0. The molecule has 0 aromatic carbocycles. The van der Waals surface area contributed by atoms with Crippen molar-refractivity contribution in [1.29, 1.82) is 0 Å². The monoisotopic (exact) mass is 180 g/mol. The highest BCUT2D eigenvalue weighted by Crippen LogP contribution is 2.25. The van der Waals surface area contributed by atoms with E-state index in [4.69, 9.17) is 0 Å². The SMILES string of the molecule is CC(C)C(C)c1cncn1C(C)C. The minimum atomic E-state index is 0.513. The molecule has 0 radical (unpaired) electrons. The summed E-state index contributed by atoms with van der Waals surface area (Å²) >= 11 is 0. The summed E-state index contributed by atoms with van der Waals surface area (Å²) < 4.78 is 2.25. The van der Waals surface area contributed by atoms with Gasteiger partial charge in [-0.05, 0) is 19.8 Å². The van der Waals surface area contributed by atoms with Gasteiger partial charge in [0.05, 0.1) is 6.33 Å². The average molecular weight is 180 g/mol. The van der Waals surface area contributed by atoms with E-state index >= 15 is 0 Å². The molecule has 1 atom stereocenters. The topological polar surface area (TPSA) is 17.8 Å². The first-order valence-corrected chi connectivity index (χ1v) is 5.05. The van der Waals surface area contributed by atoms with Gasteiger partial charge >= 0.3 is 0 Å². The van der Waals surface area contributed by atoms with Crippen molar-refractivity contribution in [2.24, 2.45) is 5.92 Å². The third kappa shape index (κ3) is 2.11. The first-order valence-electron chi connectivity index (χ1n) is 5.05.